The van der Waals surface area contributed by atoms with Crippen LogP contribution in [0.5, 0.6) is 0 Å². The average molecular weight is 210 g/mol. The fraction of sp³-hybridized carbons (Fsp3) is 0.917. The Morgan fingerprint density at radius 2 is 2.33 bits per heavy atom. The van der Waals surface area contributed by atoms with Gasteiger partial charge in [0.05, 0.1) is 6.04 Å². The second-order valence-electron chi connectivity index (χ2n) is 4.90. The minimum Gasteiger partial charge on any atom is -0.352 e. The standard InChI is InChI=1S/C12H22N2O/c1-2-5-9-8-11(9)14-12(15)10-6-3-4-7-13-10/h9-11,13H,2-8H2,1H3,(H,14,15)/t9?,10-,11?/m1/s1. The fourth-order valence-corrected chi connectivity index (χ4v) is 2.47. The first-order valence-corrected chi connectivity index (χ1v) is 6.35. The maximum absolute atomic E-state index is 11.8. The Labute approximate surface area is 92.0 Å². The van der Waals surface area contributed by atoms with Crippen molar-refractivity contribution in [3.8, 4) is 0 Å². The first kappa shape index (κ1) is 10.9. The molecular formula is C12H22N2O. The van der Waals surface area contributed by atoms with Gasteiger partial charge in [-0.25, -0.2) is 0 Å². The number of piperidine rings is 1. The van der Waals surface area contributed by atoms with Crippen LogP contribution in [-0.4, -0.2) is 24.5 Å². The van der Waals surface area contributed by atoms with Crippen molar-refractivity contribution in [3.05, 3.63) is 0 Å². The lowest BCUT2D eigenvalue weighted by molar-refractivity contribution is -0.123. The molecule has 1 amide bonds. The quantitative estimate of drug-likeness (QED) is 0.737. The predicted octanol–water partition coefficient (Wildman–Crippen LogP) is 1.43. The highest BCUT2D eigenvalue weighted by atomic mass is 16.2. The molecule has 3 atom stereocenters. The number of hydrogen-bond donors (Lipinski definition) is 2. The molecule has 1 heterocycles. The molecule has 15 heavy (non-hydrogen) atoms. The zero-order valence-corrected chi connectivity index (χ0v) is 9.59. The molecule has 86 valence electrons. The Hall–Kier alpha value is -0.570. The molecule has 2 N–H and O–H groups in total. The van der Waals surface area contributed by atoms with Gasteiger partial charge in [-0.2, -0.15) is 0 Å². The number of carbonyl (C=O) groups excluding carboxylic acids is 1. The smallest absolute Gasteiger partial charge is 0.237 e. The molecule has 0 aromatic heterocycles. The second kappa shape index (κ2) is 4.97. The summed E-state index contributed by atoms with van der Waals surface area (Å²) in [5.74, 6) is 1.00. The molecule has 2 aliphatic rings. The van der Waals surface area contributed by atoms with Crippen molar-refractivity contribution in [2.45, 2.75) is 57.5 Å². The van der Waals surface area contributed by atoms with Crippen molar-refractivity contribution in [1.82, 2.24) is 10.6 Å². The molecule has 2 unspecified atom stereocenters. The first-order valence-electron chi connectivity index (χ1n) is 6.35. The van der Waals surface area contributed by atoms with Crippen LogP contribution in [-0.2, 0) is 4.79 Å². The number of rotatable bonds is 4. The lowest BCUT2D eigenvalue weighted by Gasteiger charge is -2.22. The van der Waals surface area contributed by atoms with Gasteiger partial charge in [-0.15, -0.1) is 0 Å². The molecule has 3 nitrogen and oxygen atoms in total. The van der Waals surface area contributed by atoms with E-state index in [-0.39, 0.29) is 11.9 Å². The van der Waals surface area contributed by atoms with Crippen LogP contribution in [0.1, 0.15) is 45.4 Å². The van der Waals surface area contributed by atoms with E-state index in [0.717, 1.165) is 18.9 Å². The fourth-order valence-electron chi connectivity index (χ4n) is 2.47. The lowest BCUT2D eigenvalue weighted by Crippen LogP contribution is -2.47. The Morgan fingerprint density at radius 1 is 1.47 bits per heavy atom. The normalized spacial score (nSPS) is 34.9. The van der Waals surface area contributed by atoms with Gasteiger partial charge >= 0.3 is 0 Å². The maximum Gasteiger partial charge on any atom is 0.237 e. The van der Waals surface area contributed by atoms with E-state index in [4.69, 9.17) is 0 Å². The van der Waals surface area contributed by atoms with Gasteiger partial charge < -0.3 is 10.6 Å². The molecular weight excluding hydrogens is 188 g/mol. The van der Waals surface area contributed by atoms with Crippen molar-refractivity contribution in [3.63, 3.8) is 0 Å². The van der Waals surface area contributed by atoms with Gasteiger partial charge in [0, 0.05) is 6.04 Å². The van der Waals surface area contributed by atoms with Gasteiger partial charge in [0.2, 0.25) is 5.91 Å². The van der Waals surface area contributed by atoms with E-state index in [0.29, 0.717) is 6.04 Å². The minimum atomic E-state index is 0.0848. The summed E-state index contributed by atoms with van der Waals surface area (Å²) in [4.78, 5) is 11.8. The number of amides is 1. The number of carbonyl (C=O) groups is 1. The van der Waals surface area contributed by atoms with Crippen LogP contribution in [0.2, 0.25) is 0 Å². The molecule has 1 saturated carbocycles. The second-order valence-corrected chi connectivity index (χ2v) is 4.90. The summed E-state index contributed by atoms with van der Waals surface area (Å²) in [6, 6.07) is 0.572. The lowest BCUT2D eigenvalue weighted by atomic mass is 10.0. The summed E-state index contributed by atoms with van der Waals surface area (Å²) in [7, 11) is 0. The van der Waals surface area contributed by atoms with Crippen LogP contribution in [0, 0.1) is 5.92 Å². The van der Waals surface area contributed by atoms with Crippen LogP contribution < -0.4 is 10.6 Å². The van der Waals surface area contributed by atoms with Crippen LogP contribution in [0.15, 0.2) is 0 Å². The van der Waals surface area contributed by atoms with Crippen LogP contribution in [0.4, 0.5) is 0 Å². The maximum atomic E-state index is 11.8. The van der Waals surface area contributed by atoms with E-state index in [1.807, 2.05) is 0 Å². The molecule has 3 heteroatoms. The van der Waals surface area contributed by atoms with E-state index in [9.17, 15) is 4.79 Å². The molecule has 0 spiro atoms. The van der Waals surface area contributed by atoms with Gasteiger partial charge in [0.25, 0.3) is 0 Å². The molecule has 2 rings (SSSR count). The van der Waals surface area contributed by atoms with E-state index >= 15 is 0 Å². The summed E-state index contributed by atoms with van der Waals surface area (Å²) in [5.41, 5.74) is 0. The molecule has 0 bridgehead atoms. The Morgan fingerprint density at radius 3 is 3.00 bits per heavy atom. The van der Waals surface area contributed by atoms with Crippen LogP contribution >= 0.6 is 0 Å². The van der Waals surface area contributed by atoms with Crippen molar-refractivity contribution >= 4 is 5.91 Å². The number of nitrogens with one attached hydrogen (secondary N) is 2. The summed E-state index contributed by atoms with van der Waals surface area (Å²) in [5, 5.41) is 6.44. The summed E-state index contributed by atoms with van der Waals surface area (Å²) >= 11 is 0. The minimum absolute atomic E-state index is 0.0848. The number of hydrogen-bond acceptors (Lipinski definition) is 2. The van der Waals surface area contributed by atoms with E-state index in [1.54, 1.807) is 0 Å². The largest absolute Gasteiger partial charge is 0.352 e. The van der Waals surface area contributed by atoms with Crippen LogP contribution in [0.3, 0.4) is 0 Å². The molecule has 2 fully saturated rings. The summed E-state index contributed by atoms with van der Waals surface area (Å²) in [6.07, 6.45) is 7.12. The van der Waals surface area contributed by atoms with Crippen LogP contribution in [0.25, 0.3) is 0 Å². The highest BCUT2D eigenvalue weighted by Crippen LogP contribution is 2.34. The molecule has 0 radical (unpaired) electrons. The third-order valence-electron chi connectivity index (χ3n) is 3.54. The zero-order valence-electron chi connectivity index (χ0n) is 9.59. The van der Waals surface area contributed by atoms with Crippen molar-refractivity contribution in [2.75, 3.05) is 6.54 Å². The van der Waals surface area contributed by atoms with Gasteiger partial charge in [0.1, 0.15) is 0 Å². The van der Waals surface area contributed by atoms with Gasteiger partial charge in [-0.3, -0.25) is 4.79 Å². The highest BCUT2D eigenvalue weighted by Gasteiger charge is 2.38. The molecule has 1 aliphatic heterocycles. The monoisotopic (exact) mass is 210 g/mol. The first-order chi connectivity index (χ1) is 7.31. The van der Waals surface area contributed by atoms with Gasteiger partial charge in [0.15, 0.2) is 0 Å². The topological polar surface area (TPSA) is 41.1 Å². The van der Waals surface area contributed by atoms with Crippen molar-refractivity contribution in [2.24, 2.45) is 5.92 Å². The SMILES string of the molecule is CCCC1CC1NC(=O)[C@H]1CCCCN1. The molecule has 0 aromatic carbocycles. The van der Waals surface area contributed by atoms with E-state index < -0.39 is 0 Å². The van der Waals surface area contributed by atoms with Crippen molar-refractivity contribution in [1.29, 1.82) is 0 Å². The van der Waals surface area contributed by atoms with E-state index in [1.165, 1.54) is 32.1 Å². The Bertz CT molecular complexity index is 224. The third-order valence-corrected chi connectivity index (χ3v) is 3.54. The van der Waals surface area contributed by atoms with Gasteiger partial charge in [-0.05, 0) is 38.1 Å². The molecule has 1 saturated heterocycles. The zero-order chi connectivity index (χ0) is 10.7. The Balaban J connectivity index is 1.68. The summed E-state index contributed by atoms with van der Waals surface area (Å²) < 4.78 is 0. The Kier molecular flexibility index (Phi) is 3.62. The summed E-state index contributed by atoms with van der Waals surface area (Å²) in [6.45, 7) is 3.21. The third kappa shape index (κ3) is 2.94. The highest BCUT2D eigenvalue weighted by molar-refractivity contribution is 5.82. The van der Waals surface area contributed by atoms with Crippen molar-refractivity contribution < 1.29 is 4.79 Å². The molecule has 0 aromatic rings. The van der Waals surface area contributed by atoms with E-state index in [2.05, 4.69) is 17.6 Å². The van der Waals surface area contributed by atoms with Gasteiger partial charge in [-0.1, -0.05) is 19.8 Å². The molecule has 1 aliphatic carbocycles. The predicted molar refractivity (Wildman–Crippen MR) is 60.6 cm³/mol. The average Bonchev–Trinajstić information content (AvgIpc) is 2.98.